The number of amides is 1. The smallest absolute Gasteiger partial charge is 0.356 e. The zero-order chi connectivity index (χ0) is 16.2. The molecule has 0 aromatic rings. The van der Waals surface area contributed by atoms with Crippen LogP contribution in [0.15, 0.2) is 0 Å². The summed E-state index contributed by atoms with van der Waals surface area (Å²) in [7, 11) is -1.38. The first-order chi connectivity index (χ1) is 9.61. The number of likely N-dealkylation sites (tertiary alicyclic amines) is 1. The molecule has 1 saturated heterocycles. The molecule has 0 spiro atoms. The molecule has 1 heterocycles. The first kappa shape index (κ1) is 17.7. The monoisotopic (exact) mass is 311 g/mol. The van der Waals surface area contributed by atoms with Gasteiger partial charge in [-0.25, -0.2) is 4.79 Å². The topological polar surface area (TPSA) is 66.8 Å². The molecule has 1 aliphatic heterocycles. The summed E-state index contributed by atoms with van der Waals surface area (Å²) in [4.78, 5) is 24.5. The van der Waals surface area contributed by atoms with Gasteiger partial charge in [-0.1, -0.05) is 19.6 Å². The van der Waals surface area contributed by atoms with Crippen molar-refractivity contribution >= 4 is 20.0 Å². The Labute approximate surface area is 127 Å². The number of β-lactam (4-membered cyclic amide) rings is 1. The summed E-state index contributed by atoms with van der Waals surface area (Å²) in [6.45, 7) is 9.92. The Kier molecular flexibility index (Phi) is 5.99. The maximum Gasteiger partial charge on any atom is 0.356 e. The lowest BCUT2D eigenvalue weighted by Gasteiger charge is -2.42. The highest BCUT2D eigenvalue weighted by atomic mass is 28.3. The molecule has 2 unspecified atom stereocenters. The first-order valence-electron chi connectivity index (χ1n) is 7.31. The average molecular weight is 311 g/mol. The number of rotatable bonds is 5. The SMILES string of the molecule is CC(C)OC(=O)C(O)N1C(=O)CC1CCC#C[Si](C)(C)C. The van der Waals surface area contributed by atoms with Crippen molar-refractivity contribution in [2.24, 2.45) is 0 Å². The van der Waals surface area contributed by atoms with E-state index in [9.17, 15) is 14.7 Å². The number of nitrogens with zero attached hydrogens (tertiary/aromatic N) is 1. The number of hydrogen-bond acceptors (Lipinski definition) is 4. The molecule has 21 heavy (non-hydrogen) atoms. The molecule has 1 N–H and O–H groups in total. The number of aliphatic hydroxyl groups is 1. The van der Waals surface area contributed by atoms with Crippen molar-refractivity contribution in [3.05, 3.63) is 0 Å². The van der Waals surface area contributed by atoms with E-state index in [0.29, 0.717) is 19.3 Å². The third-order valence-electron chi connectivity index (χ3n) is 2.98. The molecular formula is C15H25NO4Si. The van der Waals surface area contributed by atoms with E-state index in [1.807, 2.05) is 0 Å². The molecule has 0 aliphatic carbocycles. The van der Waals surface area contributed by atoms with E-state index in [4.69, 9.17) is 4.74 Å². The fraction of sp³-hybridized carbons (Fsp3) is 0.733. The van der Waals surface area contributed by atoms with Crippen molar-refractivity contribution in [1.82, 2.24) is 4.90 Å². The third-order valence-corrected chi connectivity index (χ3v) is 3.91. The Balaban J connectivity index is 2.52. The second kappa shape index (κ2) is 7.10. The number of carbonyl (C=O) groups is 2. The van der Waals surface area contributed by atoms with Gasteiger partial charge in [-0.15, -0.1) is 11.5 Å². The second-order valence-electron chi connectivity index (χ2n) is 6.61. The molecule has 1 aliphatic rings. The van der Waals surface area contributed by atoms with Crippen molar-refractivity contribution < 1.29 is 19.4 Å². The van der Waals surface area contributed by atoms with Crippen LogP contribution in [0.5, 0.6) is 0 Å². The average Bonchev–Trinajstić information content (AvgIpc) is 2.30. The van der Waals surface area contributed by atoms with Gasteiger partial charge in [-0.05, 0) is 20.3 Å². The summed E-state index contributed by atoms with van der Waals surface area (Å²) < 4.78 is 4.93. The highest BCUT2D eigenvalue weighted by molar-refractivity contribution is 6.83. The molecule has 0 radical (unpaired) electrons. The molecule has 0 bridgehead atoms. The van der Waals surface area contributed by atoms with E-state index in [2.05, 4.69) is 31.1 Å². The zero-order valence-electron chi connectivity index (χ0n) is 13.5. The lowest BCUT2D eigenvalue weighted by molar-refractivity contribution is -0.186. The first-order valence-corrected chi connectivity index (χ1v) is 10.8. The van der Waals surface area contributed by atoms with Gasteiger partial charge in [0.25, 0.3) is 0 Å². The van der Waals surface area contributed by atoms with E-state index in [1.165, 1.54) is 4.90 Å². The Morgan fingerprint density at radius 3 is 2.57 bits per heavy atom. The van der Waals surface area contributed by atoms with Crippen LogP contribution in [0.25, 0.3) is 0 Å². The van der Waals surface area contributed by atoms with Crippen LogP contribution in [0.1, 0.15) is 33.1 Å². The van der Waals surface area contributed by atoms with E-state index < -0.39 is 20.3 Å². The fourth-order valence-electron chi connectivity index (χ4n) is 2.05. The van der Waals surface area contributed by atoms with Crippen molar-refractivity contribution in [2.45, 2.75) is 71.1 Å². The Morgan fingerprint density at radius 1 is 1.48 bits per heavy atom. The maximum atomic E-state index is 11.7. The second-order valence-corrected chi connectivity index (χ2v) is 11.4. The highest BCUT2D eigenvalue weighted by Gasteiger charge is 2.43. The highest BCUT2D eigenvalue weighted by Crippen LogP contribution is 2.26. The molecular weight excluding hydrogens is 286 g/mol. The summed E-state index contributed by atoms with van der Waals surface area (Å²) in [6, 6.07) is -0.122. The molecule has 2 atom stereocenters. The van der Waals surface area contributed by atoms with Crippen molar-refractivity contribution in [1.29, 1.82) is 0 Å². The van der Waals surface area contributed by atoms with Crippen LogP contribution < -0.4 is 0 Å². The van der Waals surface area contributed by atoms with Gasteiger partial charge in [0.15, 0.2) is 0 Å². The quantitative estimate of drug-likeness (QED) is 0.362. The lowest BCUT2D eigenvalue weighted by atomic mass is 9.96. The van der Waals surface area contributed by atoms with E-state index in [0.717, 1.165) is 0 Å². The summed E-state index contributed by atoms with van der Waals surface area (Å²) in [5, 5.41) is 9.91. The van der Waals surface area contributed by atoms with Crippen LogP contribution in [-0.4, -0.2) is 48.3 Å². The van der Waals surface area contributed by atoms with Crippen molar-refractivity contribution in [3.8, 4) is 11.5 Å². The minimum absolute atomic E-state index is 0.122. The van der Waals surface area contributed by atoms with Crippen LogP contribution in [0.4, 0.5) is 0 Å². The summed E-state index contributed by atoms with van der Waals surface area (Å²) >= 11 is 0. The number of esters is 1. The van der Waals surface area contributed by atoms with E-state index in [-0.39, 0.29) is 18.1 Å². The molecule has 0 aromatic heterocycles. The predicted molar refractivity (Wildman–Crippen MR) is 82.8 cm³/mol. The largest absolute Gasteiger partial charge is 0.460 e. The maximum absolute atomic E-state index is 11.7. The Bertz CT molecular complexity index is 459. The van der Waals surface area contributed by atoms with E-state index in [1.54, 1.807) is 13.8 Å². The molecule has 5 nitrogen and oxygen atoms in total. The fourth-order valence-corrected chi connectivity index (χ4v) is 2.70. The number of ether oxygens (including phenoxy) is 1. The van der Waals surface area contributed by atoms with Crippen LogP contribution in [-0.2, 0) is 14.3 Å². The van der Waals surface area contributed by atoms with Crippen LogP contribution in [0.3, 0.4) is 0 Å². The van der Waals surface area contributed by atoms with Gasteiger partial charge >= 0.3 is 5.97 Å². The number of carbonyl (C=O) groups excluding carboxylic acids is 2. The van der Waals surface area contributed by atoms with Crippen LogP contribution >= 0.6 is 0 Å². The van der Waals surface area contributed by atoms with Crippen molar-refractivity contribution in [3.63, 3.8) is 0 Å². The Hall–Kier alpha value is -1.32. The van der Waals surface area contributed by atoms with Gasteiger partial charge < -0.3 is 14.7 Å². The van der Waals surface area contributed by atoms with Gasteiger partial charge in [-0.2, -0.15) is 0 Å². The number of hydrogen-bond donors (Lipinski definition) is 1. The molecule has 0 aromatic carbocycles. The number of aliphatic hydroxyl groups excluding tert-OH is 1. The standard InChI is InChI=1S/C15H25NO4Si/c1-11(2)20-15(19)14(18)16-12(10-13(16)17)8-6-7-9-21(3,4)5/h11-12,14,18H,6,8,10H2,1-5H3. The predicted octanol–water partition coefficient (Wildman–Crippen LogP) is 1.52. The van der Waals surface area contributed by atoms with Crippen LogP contribution in [0.2, 0.25) is 19.6 Å². The lowest BCUT2D eigenvalue weighted by Crippen LogP contribution is -2.60. The molecule has 1 rings (SSSR count). The summed E-state index contributed by atoms with van der Waals surface area (Å²) in [6.07, 6.45) is -0.103. The van der Waals surface area contributed by atoms with E-state index >= 15 is 0 Å². The molecule has 1 amide bonds. The van der Waals surface area contributed by atoms with Crippen LogP contribution in [0, 0.1) is 11.5 Å². The minimum atomic E-state index is -1.50. The Morgan fingerprint density at radius 2 is 2.10 bits per heavy atom. The molecule has 118 valence electrons. The molecule has 0 saturated carbocycles. The summed E-state index contributed by atoms with van der Waals surface area (Å²) in [5.74, 6) is 2.15. The summed E-state index contributed by atoms with van der Waals surface area (Å²) in [5.41, 5.74) is 3.26. The van der Waals surface area contributed by atoms with Gasteiger partial charge in [0.1, 0.15) is 8.07 Å². The zero-order valence-corrected chi connectivity index (χ0v) is 14.5. The van der Waals surface area contributed by atoms with Gasteiger partial charge in [0.05, 0.1) is 6.10 Å². The molecule has 6 heteroatoms. The van der Waals surface area contributed by atoms with Gasteiger partial charge in [0.2, 0.25) is 12.1 Å². The third kappa shape index (κ3) is 5.52. The van der Waals surface area contributed by atoms with Crippen molar-refractivity contribution in [2.75, 3.05) is 0 Å². The minimum Gasteiger partial charge on any atom is -0.460 e. The molecule has 1 fully saturated rings. The normalized spacial score (nSPS) is 19.7. The van der Waals surface area contributed by atoms with Gasteiger partial charge in [-0.3, -0.25) is 4.79 Å². The van der Waals surface area contributed by atoms with Gasteiger partial charge in [0, 0.05) is 18.9 Å².